The van der Waals surface area contributed by atoms with Crippen LogP contribution in [-0.2, 0) is 20.9 Å². The van der Waals surface area contributed by atoms with Crippen LogP contribution >= 0.6 is 17.9 Å². The summed E-state index contributed by atoms with van der Waals surface area (Å²) >= 11 is 9.82. The molecule has 0 fully saturated rings. The van der Waals surface area contributed by atoms with Crippen molar-refractivity contribution in [2.24, 2.45) is 11.8 Å². The summed E-state index contributed by atoms with van der Waals surface area (Å²) in [4.78, 5) is 0. The zero-order chi connectivity index (χ0) is 15.4. The van der Waals surface area contributed by atoms with E-state index in [9.17, 15) is 0 Å². The van der Waals surface area contributed by atoms with Crippen LogP contribution in [0.15, 0.2) is 0 Å². The highest BCUT2D eigenvalue weighted by atomic mass is 32.9. The van der Waals surface area contributed by atoms with Crippen LogP contribution in [0.2, 0.25) is 0 Å². The van der Waals surface area contributed by atoms with Gasteiger partial charge in [-0.3, -0.25) is 0 Å². The van der Waals surface area contributed by atoms with E-state index in [1.54, 1.807) is 0 Å². The number of unbranched alkanes of at least 4 members (excludes halogenated alkanes) is 2. The third-order valence-corrected chi connectivity index (χ3v) is 5.87. The van der Waals surface area contributed by atoms with Crippen molar-refractivity contribution in [2.45, 2.75) is 72.6 Å². The molecule has 0 bridgehead atoms. The van der Waals surface area contributed by atoms with Gasteiger partial charge in [-0.2, -0.15) is 0 Å². The predicted molar refractivity (Wildman–Crippen MR) is 97.2 cm³/mol. The van der Waals surface area contributed by atoms with Crippen molar-refractivity contribution in [3.05, 3.63) is 0 Å². The zero-order valence-corrected chi connectivity index (χ0v) is 16.2. The van der Waals surface area contributed by atoms with Crippen LogP contribution in [0.3, 0.4) is 0 Å². The first kappa shape index (κ1) is 20.9. The molecule has 0 aliphatic rings. The molecule has 0 spiro atoms. The first-order chi connectivity index (χ1) is 9.45. The molecule has 0 amide bonds. The van der Waals surface area contributed by atoms with Crippen molar-refractivity contribution in [1.82, 2.24) is 0 Å². The lowest BCUT2D eigenvalue weighted by molar-refractivity contribution is 0.195. The molecular formula is C15H33O2PS2. The van der Waals surface area contributed by atoms with Gasteiger partial charge in [0.2, 0.25) is 5.69 Å². The van der Waals surface area contributed by atoms with Crippen LogP contribution in [0.4, 0.5) is 0 Å². The highest BCUT2D eigenvalue weighted by Gasteiger charge is 2.17. The van der Waals surface area contributed by atoms with Gasteiger partial charge in [0.25, 0.3) is 0 Å². The first-order valence-electron chi connectivity index (χ1n) is 8.06. The molecule has 0 aromatic heterocycles. The van der Waals surface area contributed by atoms with Crippen molar-refractivity contribution >= 4 is 29.7 Å². The Morgan fingerprint density at radius 3 is 2.10 bits per heavy atom. The molecule has 0 radical (unpaired) electrons. The first-order valence-corrected chi connectivity index (χ1v) is 11.9. The van der Waals surface area contributed by atoms with Gasteiger partial charge in [0, 0.05) is 0 Å². The molecule has 20 heavy (non-hydrogen) atoms. The summed E-state index contributed by atoms with van der Waals surface area (Å²) in [6.07, 6.45) is 8.50. The monoisotopic (exact) mass is 340 g/mol. The minimum absolute atomic E-state index is 0.537. The second-order valence-corrected chi connectivity index (χ2v) is 11.0. The Morgan fingerprint density at radius 2 is 1.55 bits per heavy atom. The molecule has 0 saturated carbocycles. The number of hydrogen-bond acceptors (Lipinski definition) is 3. The minimum Gasteiger partial charge on any atom is -0.322 e. The Kier molecular flexibility index (Phi) is 13.0. The standard InChI is InChI=1S/C15H33O2PS2/c1-5-8-10-14(4)12-16-18(19,20)17-13-15(7-3)11-9-6-2/h14-15H,5-13H2,1-4H3,(H,19,20). The van der Waals surface area contributed by atoms with Gasteiger partial charge in [0.05, 0.1) is 13.2 Å². The van der Waals surface area contributed by atoms with E-state index in [2.05, 4.69) is 39.9 Å². The van der Waals surface area contributed by atoms with Crippen molar-refractivity contribution in [3.63, 3.8) is 0 Å². The van der Waals surface area contributed by atoms with Gasteiger partial charge in [-0.15, -0.1) is 0 Å². The van der Waals surface area contributed by atoms with Crippen LogP contribution in [0.5, 0.6) is 0 Å². The quantitative estimate of drug-likeness (QED) is 0.317. The Morgan fingerprint density at radius 1 is 1.00 bits per heavy atom. The summed E-state index contributed by atoms with van der Waals surface area (Å²) in [6, 6.07) is 0. The average molecular weight is 341 g/mol. The summed E-state index contributed by atoms with van der Waals surface area (Å²) in [5.74, 6) is 1.13. The SMILES string of the molecule is CCCCC(C)COP(=S)(S)OCC(CC)CCCC. The van der Waals surface area contributed by atoms with Gasteiger partial charge in [-0.1, -0.05) is 72.0 Å². The lowest BCUT2D eigenvalue weighted by Gasteiger charge is -2.22. The number of thiol groups is 1. The maximum Gasteiger partial charge on any atom is 0.244 e. The van der Waals surface area contributed by atoms with Crippen molar-refractivity contribution in [2.75, 3.05) is 13.2 Å². The molecule has 0 aromatic rings. The second kappa shape index (κ2) is 12.5. The zero-order valence-electron chi connectivity index (χ0n) is 13.6. The molecule has 0 saturated heterocycles. The molecular weight excluding hydrogens is 307 g/mol. The molecule has 0 N–H and O–H groups in total. The molecule has 122 valence electrons. The molecule has 5 heteroatoms. The smallest absolute Gasteiger partial charge is 0.244 e. The van der Waals surface area contributed by atoms with Crippen LogP contribution in [0.1, 0.15) is 72.6 Å². The largest absolute Gasteiger partial charge is 0.322 e. The fraction of sp³-hybridized carbons (Fsp3) is 1.00. The molecule has 0 aromatic carbocycles. The van der Waals surface area contributed by atoms with Crippen LogP contribution < -0.4 is 0 Å². The molecule has 0 rings (SSSR count). The topological polar surface area (TPSA) is 18.5 Å². The fourth-order valence-corrected chi connectivity index (χ4v) is 3.67. The van der Waals surface area contributed by atoms with E-state index in [-0.39, 0.29) is 0 Å². The normalized spacial score (nSPS) is 17.6. The second-order valence-electron chi connectivity index (χ2n) is 5.72. The van der Waals surface area contributed by atoms with Gasteiger partial charge < -0.3 is 9.05 Å². The summed E-state index contributed by atoms with van der Waals surface area (Å²) < 4.78 is 11.6. The van der Waals surface area contributed by atoms with Gasteiger partial charge in [0.1, 0.15) is 0 Å². The van der Waals surface area contributed by atoms with E-state index >= 15 is 0 Å². The predicted octanol–water partition coefficient (Wildman–Crippen LogP) is 6.22. The molecule has 0 aliphatic heterocycles. The lowest BCUT2D eigenvalue weighted by Crippen LogP contribution is -2.09. The Bertz CT molecular complexity index is 275. The van der Waals surface area contributed by atoms with E-state index in [1.807, 2.05) is 0 Å². The van der Waals surface area contributed by atoms with Gasteiger partial charge >= 0.3 is 0 Å². The molecule has 0 heterocycles. The van der Waals surface area contributed by atoms with E-state index in [0.29, 0.717) is 25.0 Å². The highest BCUT2D eigenvalue weighted by molar-refractivity contribution is 8.60. The summed E-state index contributed by atoms with van der Waals surface area (Å²) in [5, 5.41) is 0. The molecule has 2 nitrogen and oxygen atoms in total. The molecule has 0 aliphatic carbocycles. The number of hydrogen-bond donors (Lipinski definition) is 1. The van der Waals surface area contributed by atoms with Crippen LogP contribution in [0.25, 0.3) is 0 Å². The Balaban J connectivity index is 3.95. The minimum atomic E-state index is -2.35. The summed E-state index contributed by atoms with van der Waals surface area (Å²) in [5.41, 5.74) is -2.35. The van der Waals surface area contributed by atoms with E-state index < -0.39 is 5.69 Å². The summed E-state index contributed by atoms with van der Waals surface area (Å²) in [6.45, 7) is 10.2. The molecule has 3 atom stereocenters. The molecule has 3 unspecified atom stereocenters. The van der Waals surface area contributed by atoms with Crippen molar-refractivity contribution in [1.29, 1.82) is 0 Å². The number of rotatable bonds is 13. The third kappa shape index (κ3) is 11.6. The Hall–Kier alpha value is 0.920. The highest BCUT2D eigenvalue weighted by Crippen LogP contribution is 2.54. The van der Waals surface area contributed by atoms with Crippen LogP contribution in [-0.4, -0.2) is 13.2 Å². The van der Waals surface area contributed by atoms with Crippen LogP contribution in [0, 0.1) is 11.8 Å². The van der Waals surface area contributed by atoms with Crippen molar-refractivity contribution in [3.8, 4) is 0 Å². The fourth-order valence-electron chi connectivity index (χ4n) is 1.99. The van der Waals surface area contributed by atoms with E-state index in [1.165, 1.54) is 38.5 Å². The van der Waals surface area contributed by atoms with E-state index in [0.717, 1.165) is 6.42 Å². The van der Waals surface area contributed by atoms with E-state index in [4.69, 9.17) is 20.9 Å². The third-order valence-electron chi connectivity index (χ3n) is 3.59. The maximum atomic E-state index is 5.80. The Labute approximate surface area is 136 Å². The maximum absolute atomic E-state index is 5.80. The summed E-state index contributed by atoms with van der Waals surface area (Å²) in [7, 11) is 0. The van der Waals surface area contributed by atoms with Crippen molar-refractivity contribution < 1.29 is 9.05 Å². The van der Waals surface area contributed by atoms with Gasteiger partial charge in [-0.25, -0.2) is 0 Å². The van der Waals surface area contributed by atoms with Gasteiger partial charge in [-0.05, 0) is 36.5 Å². The van der Waals surface area contributed by atoms with Gasteiger partial charge in [0.15, 0.2) is 0 Å². The lowest BCUT2D eigenvalue weighted by atomic mass is 10.0. The average Bonchev–Trinajstić information content (AvgIpc) is 2.43.